The number of benzene rings is 2. The molecule has 2 N–H and O–H groups in total. The van der Waals surface area contributed by atoms with E-state index in [4.69, 9.17) is 9.15 Å². The third kappa shape index (κ3) is 4.88. The van der Waals surface area contributed by atoms with Crippen LogP contribution in [-0.4, -0.2) is 12.2 Å². The number of methoxy groups -OCH3 is 1. The van der Waals surface area contributed by atoms with Crippen LogP contribution in [0, 0.1) is 0 Å². The molecule has 4 nitrogen and oxygen atoms in total. The molecule has 1 unspecified atom stereocenters. The highest BCUT2D eigenvalue weighted by molar-refractivity contribution is 5.85. The lowest BCUT2D eigenvalue weighted by Crippen LogP contribution is -2.12. The predicted octanol–water partition coefficient (Wildman–Crippen LogP) is 4.72. The summed E-state index contributed by atoms with van der Waals surface area (Å²) in [5, 5.41) is 13.0. The second-order valence-corrected chi connectivity index (χ2v) is 5.98. The average Bonchev–Trinajstić information content (AvgIpc) is 3.11. The highest BCUT2D eigenvalue weighted by Gasteiger charge is 2.07. The first-order chi connectivity index (χ1) is 12.2. The van der Waals surface area contributed by atoms with Crippen molar-refractivity contribution in [2.24, 2.45) is 0 Å². The Bertz CT molecular complexity index is 812. The summed E-state index contributed by atoms with van der Waals surface area (Å²) in [6.07, 6.45) is -0.458. The Labute approximate surface area is 160 Å². The molecule has 0 aliphatic carbocycles. The van der Waals surface area contributed by atoms with Gasteiger partial charge in [0.1, 0.15) is 17.3 Å². The van der Waals surface area contributed by atoms with E-state index in [1.807, 2.05) is 60.7 Å². The molecular weight excluding hydrogens is 350 g/mol. The Morgan fingerprint density at radius 2 is 1.73 bits per heavy atom. The number of furan rings is 1. The lowest BCUT2D eigenvalue weighted by molar-refractivity contribution is 0.199. The van der Waals surface area contributed by atoms with Crippen LogP contribution in [0.25, 0.3) is 11.3 Å². The van der Waals surface area contributed by atoms with Gasteiger partial charge < -0.3 is 19.6 Å². The van der Waals surface area contributed by atoms with Crippen molar-refractivity contribution in [3.05, 3.63) is 77.6 Å². The fraction of sp³-hybridized carbons (Fsp3) is 0.238. The topological polar surface area (TPSA) is 54.6 Å². The van der Waals surface area contributed by atoms with Crippen molar-refractivity contribution in [3.63, 3.8) is 0 Å². The van der Waals surface area contributed by atoms with Gasteiger partial charge in [-0.1, -0.05) is 42.5 Å². The van der Waals surface area contributed by atoms with Gasteiger partial charge in [-0.15, -0.1) is 12.4 Å². The van der Waals surface area contributed by atoms with E-state index in [2.05, 4.69) is 5.32 Å². The molecule has 0 amide bonds. The monoisotopic (exact) mass is 373 g/mol. The van der Waals surface area contributed by atoms with Crippen LogP contribution in [0.3, 0.4) is 0 Å². The molecule has 0 aliphatic heterocycles. The highest BCUT2D eigenvalue weighted by atomic mass is 35.5. The SMILES string of the molecule is COc1ccccc1CNCc1ccc(-c2ccc(C(C)O)cc2)o1.Cl. The van der Waals surface area contributed by atoms with Crippen LogP contribution in [0.2, 0.25) is 0 Å². The summed E-state index contributed by atoms with van der Waals surface area (Å²) in [5.74, 6) is 2.59. The first-order valence-corrected chi connectivity index (χ1v) is 8.37. The van der Waals surface area contributed by atoms with Gasteiger partial charge in [-0.05, 0) is 30.7 Å². The fourth-order valence-electron chi connectivity index (χ4n) is 2.72. The number of aliphatic hydroxyl groups excluding tert-OH is 1. The molecule has 0 spiro atoms. The third-order valence-corrected chi connectivity index (χ3v) is 4.15. The molecule has 5 heteroatoms. The van der Waals surface area contributed by atoms with Crippen molar-refractivity contribution < 1.29 is 14.3 Å². The molecule has 1 aromatic heterocycles. The highest BCUT2D eigenvalue weighted by Crippen LogP contribution is 2.24. The first-order valence-electron chi connectivity index (χ1n) is 8.37. The summed E-state index contributed by atoms with van der Waals surface area (Å²) in [6.45, 7) is 3.11. The number of hydrogen-bond acceptors (Lipinski definition) is 4. The zero-order valence-electron chi connectivity index (χ0n) is 14.9. The normalized spacial score (nSPS) is 11.7. The molecule has 0 saturated heterocycles. The van der Waals surface area contributed by atoms with E-state index >= 15 is 0 Å². The van der Waals surface area contributed by atoms with E-state index in [-0.39, 0.29) is 12.4 Å². The van der Waals surface area contributed by atoms with Crippen LogP contribution in [0.1, 0.15) is 29.9 Å². The summed E-state index contributed by atoms with van der Waals surface area (Å²) in [7, 11) is 1.68. The Morgan fingerprint density at radius 3 is 2.42 bits per heavy atom. The molecule has 26 heavy (non-hydrogen) atoms. The van der Waals surface area contributed by atoms with E-state index in [1.54, 1.807) is 14.0 Å². The molecule has 1 atom stereocenters. The van der Waals surface area contributed by atoms with Crippen molar-refractivity contribution in [3.8, 4) is 17.1 Å². The van der Waals surface area contributed by atoms with Gasteiger partial charge in [0.2, 0.25) is 0 Å². The second-order valence-electron chi connectivity index (χ2n) is 5.98. The van der Waals surface area contributed by atoms with Crippen LogP contribution >= 0.6 is 12.4 Å². The maximum atomic E-state index is 9.58. The summed E-state index contributed by atoms with van der Waals surface area (Å²) in [4.78, 5) is 0. The molecule has 0 saturated carbocycles. The van der Waals surface area contributed by atoms with Crippen molar-refractivity contribution in [1.29, 1.82) is 0 Å². The van der Waals surface area contributed by atoms with Crippen LogP contribution in [-0.2, 0) is 13.1 Å². The van der Waals surface area contributed by atoms with Crippen LogP contribution in [0.15, 0.2) is 65.1 Å². The van der Waals surface area contributed by atoms with E-state index in [1.165, 1.54) is 0 Å². The molecule has 3 aromatic rings. The van der Waals surface area contributed by atoms with Crippen molar-refractivity contribution in [1.82, 2.24) is 5.32 Å². The minimum absolute atomic E-state index is 0. The number of aliphatic hydroxyl groups is 1. The molecule has 138 valence electrons. The van der Waals surface area contributed by atoms with Crippen molar-refractivity contribution in [2.45, 2.75) is 26.1 Å². The van der Waals surface area contributed by atoms with Crippen molar-refractivity contribution >= 4 is 12.4 Å². The zero-order valence-corrected chi connectivity index (χ0v) is 15.8. The maximum absolute atomic E-state index is 9.58. The van der Waals surface area contributed by atoms with E-state index < -0.39 is 6.10 Å². The number of para-hydroxylation sites is 1. The molecule has 0 bridgehead atoms. The maximum Gasteiger partial charge on any atom is 0.134 e. The Hall–Kier alpha value is -2.27. The van der Waals surface area contributed by atoms with E-state index in [9.17, 15) is 5.11 Å². The Morgan fingerprint density at radius 1 is 1.00 bits per heavy atom. The Kier molecular flexibility index (Phi) is 7.27. The summed E-state index contributed by atoms with van der Waals surface area (Å²) >= 11 is 0. The standard InChI is InChI=1S/C21H23NO3.ClH/c1-15(23)16-7-9-17(10-8-16)21-12-11-19(25-21)14-22-13-18-5-3-4-6-20(18)24-2;/h3-12,15,22-23H,13-14H2,1-2H3;1H. The largest absolute Gasteiger partial charge is 0.496 e. The van der Waals surface area contributed by atoms with E-state index in [0.29, 0.717) is 13.1 Å². The first kappa shape index (κ1) is 20.0. The van der Waals surface area contributed by atoms with Gasteiger partial charge in [0, 0.05) is 17.7 Å². The summed E-state index contributed by atoms with van der Waals surface area (Å²) in [6, 6.07) is 19.7. The number of hydrogen-bond donors (Lipinski definition) is 2. The number of rotatable bonds is 7. The second kappa shape index (κ2) is 9.43. The smallest absolute Gasteiger partial charge is 0.134 e. The van der Waals surface area contributed by atoms with Crippen LogP contribution in [0.5, 0.6) is 5.75 Å². The molecule has 2 aromatic carbocycles. The fourth-order valence-corrected chi connectivity index (χ4v) is 2.72. The molecule has 1 heterocycles. The van der Waals surface area contributed by atoms with Gasteiger partial charge >= 0.3 is 0 Å². The third-order valence-electron chi connectivity index (χ3n) is 4.15. The van der Waals surface area contributed by atoms with Crippen LogP contribution < -0.4 is 10.1 Å². The Balaban J connectivity index is 0.00000243. The molecule has 0 aliphatic rings. The van der Waals surface area contributed by atoms with Gasteiger partial charge in [0.05, 0.1) is 19.8 Å². The molecule has 3 rings (SSSR count). The van der Waals surface area contributed by atoms with Gasteiger partial charge in [-0.3, -0.25) is 0 Å². The zero-order chi connectivity index (χ0) is 17.6. The van der Waals surface area contributed by atoms with Crippen LogP contribution in [0.4, 0.5) is 0 Å². The number of ether oxygens (including phenoxy) is 1. The van der Waals surface area contributed by atoms with Crippen molar-refractivity contribution in [2.75, 3.05) is 7.11 Å². The molecular formula is C21H24ClNO3. The summed E-state index contributed by atoms with van der Waals surface area (Å²) in [5.41, 5.74) is 3.01. The molecule has 0 radical (unpaired) electrons. The lowest BCUT2D eigenvalue weighted by Gasteiger charge is -2.08. The minimum Gasteiger partial charge on any atom is -0.496 e. The van der Waals surface area contributed by atoms with Gasteiger partial charge in [0.15, 0.2) is 0 Å². The quantitative estimate of drug-likeness (QED) is 0.629. The lowest BCUT2D eigenvalue weighted by atomic mass is 10.1. The number of nitrogens with one attached hydrogen (secondary N) is 1. The average molecular weight is 374 g/mol. The van der Waals surface area contributed by atoms with Gasteiger partial charge in [-0.2, -0.15) is 0 Å². The number of halogens is 1. The minimum atomic E-state index is -0.458. The van der Waals surface area contributed by atoms with E-state index in [0.717, 1.165) is 34.0 Å². The molecule has 0 fully saturated rings. The van der Waals surface area contributed by atoms with Gasteiger partial charge in [0.25, 0.3) is 0 Å². The van der Waals surface area contributed by atoms with Gasteiger partial charge in [-0.25, -0.2) is 0 Å². The predicted molar refractivity (Wildman–Crippen MR) is 106 cm³/mol. The summed E-state index contributed by atoms with van der Waals surface area (Å²) < 4.78 is 11.3.